The zero-order chi connectivity index (χ0) is 18.0. The summed E-state index contributed by atoms with van der Waals surface area (Å²) in [6.45, 7) is 1.52. The van der Waals surface area contributed by atoms with E-state index >= 15 is 0 Å². The molecule has 0 fully saturated rings. The van der Waals surface area contributed by atoms with Crippen LogP contribution in [0.4, 0.5) is 5.69 Å². The van der Waals surface area contributed by atoms with Crippen LogP contribution in [0.1, 0.15) is 24.0 Å². The van der Waals surface area contributed by atoms with Gasteiger partial charge in [-0.3, -0.25) is 0 Å². The first-order chi connectivity index (χ1) is 12.6. The largest absolute Gasteiger partial charge is 0.490 e. The Labute approximate surface area is 152 Å². The summed E-state index contributed by atoms with van der Waals surface area (Å²) in [6, 6.07) is 13.5. The van der Waals surface area contributed by atoms with Crippen LogP contribution in [0, 0.1) is 0 Å². The number of aliphatic imine (C=N–C) groups is 1. The topological polar surface area (TPSA) is 89.1 Å². The predicted molar refractivity (Wildman–Crippen MR) is 101 cm³/mol. The van der Waals surface area contributed by atoms with E-state index in [9.17, 15) is 5.11 Å². The van der Waals surface area contributed by atoms with Gasteiger partial charge < -0.3 is 25.6 Å². The first-order valence-electron chi connectivity index (χ1n) is 8.91. The number of benzene rings is 2. The molecule has 1 aliphatic carbocycles. The number of aryl methyl sites for hydroxylation is 1. The number of nitrogens with two attached hydrogens (primary N) is 1. The molecule has 0 amide bonds. The number of anilines is 1. The van der Waals surface area contributed by atoms with Crippen LogP contribution < -0.4 is 20.5 Å². The van der Waals surface area contributed by atoms with Gasteiger partial charge >= 0.3 is 0 Å². The maximum Gasteiger partial charge on any atom is 0.193 e. The predicted octanol–water partition coefficient (Wildman–Crippen LogP) is 2.41. The number of hydrogen-bond donors (Lipinski definition) is 3. The summed E-state index contributed by atoms with van der Waals surface area (Å²) in [7, 11) is 0. The van der Waals surface area contributed by atoms with Crippen LogP contribution in [0.15, 0.2) is 47.5 Å². The van der Waals surface area contributed by atoms with Crippen molar-refractivity contribution in [2.24, 2.45) is 10.7 Å². The highest BCUT2D eigenvalue weighted by molar-refractivity contribution is 5.92. The molecule has 0 aromatic heterocycles. The van der Waals surface area contributed by atoms with Gasteiger partial charge in [0.15, 0.2) is 17.5 Å². The molecule has 1 aliphatic heterocycles. The minimum atomic E-state index is -0.951. The molecule has 0 spiro atoms. The Morgan fingerprint density at radius 3 is 2.85 bits per heavy atom. The van der Waals surface area contributed by atoms with E-state index < -0.39 is 5.60 Å². The highest BCUT2D eigenvalue weighted by Gasteiger charge is 2.36. The molecule has 2 aromatic rings. The highest BCUT2D eigenvalue weighted by Crippen LogP contribution is 2.37. The molecule has 0 saturated heterocycles. The Kier molecular flexibility index (Phi) is 4.42. The molecule has 4 N–H and O–H groups in total. The van der Waals surface area contributed by atoms with Crippen molar-refractivity contribution in [3.63, 3.8) is 0 Å². The van der Waals surface area contributed by atoms with Gasteiger partial charge in [0, 0.05) is 18.2 Å². The third kappa shape index (κ3) is 3.32. The lowest BCUT2D eigenvalue weighted by Gasteiger charge is -2.22. The molecule has 6 nitrogen and oxygen atoms in total. The van der Waals surface area contributed by atoms with E-state index in [0.29, 0.717) is 25.4 Å². The number of ether oxygens (including phenoxy) is 2. The van der Waals surface area contributed by atoms with Crippen molar-refractivity contribution in [2.45, 2.75) is 24.9 Å². The summed E-state index contributed by atoms with van der Waals surface area (Å²) >= 11 is 0. The fraction of sp³-hybridized carbons (Fsp3) is 0.350. The van der Waals surface area contributed by atoms with E-state index in [2.05, 4.69) is 16.4 Å². The van der Waals surface area contributed by atoms with E-state index in [1.54, 1.807) is 0 Å². The Bertz CT molecular complexity index is 837. The lowest BCUT2D eigenvalue weighted by molar-refractivity contribution is 0.0487. The monoisotopic (exact) mass is 353 g/mol. The van der Waals surface area contributed by atoms with E-state index in [4.69, 9.17) is 15.2 Å². The van der Waals surface area contributed by atoms with Gasteiger partial charge in [-0.25, -0.2) is 4.99 Å². The van der Waals surface area contributed by atoms with Gasteiger partial charge in [-0.1, -0.05) is 24.3 Å². The third-order valence-corrected chi connectivity index (χ3v) is 4.86. The Morgan fingerprint density at radius 1 is 1.15 bits per heavy atom. The van der Waals surface area contributed by atoms with Crippen LogP contribution in [0.25, 0.3) is 0 Å². The lowest BCUT2D eigenvalue weighted by Crippen LogP contribution is -2.30. The average molecular weight is 353 g/mol. The van der Waals surface area contributed by atoms with Crippen molar-refractivity contribution >= 4 is 11.6 Å². The SMILES string of the molecule is NC(=NCC1(O)CCc2ccccc21)Nc1ccc2c(c1)OCCCO2. The molecule has 0 radical (unpaired) electrons. The van der Waals surface area contributed by atoms with E-state index in [1.165, 1.54) is 5.56 Å². The molecular weight excluding hydrogens is 330 g/mol. The molecule has 6 heteroatoms. The third-order valence-electron chi connectivity index (χ3n) is 4.86. The fourth-order valence-electron chi connectivity index (χ4n) is 3.48. The molecule has 2 aromatic carbocycles. The summed E-state index contributed by atoms with van der Waals surface area (Å²) in [6.07, 6.45) is 2.38. The van der Waals surface area contributed by atoms with Crippen LogP contribution in [-0.2, 0) is 12.0 Å². The molecule has 2 aliphatic rings. The van der Waals surface area contributed by atoms with E-state index in [-0.39, 0.29) is 12.5 Å². The summed E-state index contributed by atoms with van der Waals surface area (Å²) in [4.78, 5) is 4.36. The summed E-state index contributed by atoms with van der Waals surface area (Å²) in [5.41, 5.74) is 7.98. The number of nitrogens with one attached hydrogen (secondary N) is 1. The maximum absolute atomic E-state index is 10.9. The minimum Gasteiger partial charge on any atom is -0.490 e. The summed E-state index contributed by atoms with van der Waals surface area (Å²) < 4.78 is 11.3. The van der Waals surface area contributed by atoms with Crippen LogP contribution >= 0.6 is 0 Å². The zero-order valence-corrected chi connectivity index (χ0v) is 14.6. The van der Waals surface area contributed by atoms with Crippen molar-refractivity contribution in [1.82, 2.24) is 0 Å². The average Bonchev–Trinajstić information content (AvgIpc) is 2.83. The van der Waals surface area contributed by atoms with Crippen molar-refractivity contribution in [1.29, 1.82) is 0 Å². The van der Waals surface area contributed by atoms with Crippen molar-refractivity contribution in [2.75, 3.05) is 25.1 Å². The second-order valence-electron chi connectivity index (χ2n) is 6.73. The second kappa shape index (κ2) is 6.88. The molecule has 1 atom stereocenters. The van der Waals surface area contributed by atoms with Gasteiger partial charge in [0.05, 0.1) is 19.8 Å². The number of hydrogen-bond acceptors (Lipinski definition) is 4. The number of rotatable bonds is 3. The number of nitrogens with zero attached hydrogens (tertiary/aromatic N) is 1. The second-order valence-corrected chi connectivity index (χ2v) is 6.73. The van der Waals surface area contributed by atoms with Crippen LogP contribution in [0.3, 0.4) is 0 Å². The van der Waals surface area contributed by atoms with Crippen LogP contribution in [-0.4, -0.2) is 30.8 Å². The Balaban J connectivity index is 1.45. The quantitative estimate of drug-likeness (QED) is 0.582. The van der Waals surface area contributed by atoms with Crippen LogP contribution in [0.5, 0.6) is 11.5 Å². The van der Waals surface area contributed by atoms with Gasteiger partial charge in [-0.15, -0.1) is 0 Å². The summed E-state index contributed by atoms with van der Waals surface area (Å²) in [5.74, 6) is 1.70. The number of aliphatic hydroxyl groups is 1. The van der Waals surface area contributed by atoms with Crippen LogP contribution in [0.2, 0.25) is 0 Å². The normalized spacial score (nSPS) is 21.8. The molecule has 0 saturated carbocycles. The molecule has 26 heavy (non-hydrogen) atoms. The standard InChI is InChI=1S/C20H23N3O3/c21-19(22-13-20(24)9-8-14-4-1-2-5-16(14)20)23-15-6-7-17-18(12-15)26-11-3-10-25-17/h1-2,4-7,12,24H,3,8-11,13H2,(H3,21,22,23). The smallest absolute Gasteiger partial charge is 0.193 e. The fourth-order valence-corrected chi connectivity index (χ4v) is 3.48. The molecule has 136 valence electrons. The summed E-state index contributed by atoms with van der Waals surface area (Å²) in [5, 5.41) is 14.0. The molecule has 4 rings (SSSR count). The van der Waals surface area contributed by atoms with Gasteiger partial charge in [-0.05, 0) is 36.1 Å². The van der Waals surface area contributed by atoms with Crippen molar-refractivity contribution in [3.8, 4) is 11.5 Å². The maximum atomic E-state index is 10.9. The first kappa shape index (κ1) is 16.7. The Hall–Kier alpha value is -2.73. The number of fused-ring (bicyclic) bond motifs is 2. The zero-order valence-electron chi connectivity index (χ0n) is 14.6. The van der Waals surface area contributed by atoms with Gasteiger partial charge in [0.25, 0.3) is 0 Å². The van der Waals surface area contributed by atoms with Gasteiger partial charge in [0.2, 0.25) is 0 Å². The number of guanidine groups is 1. The first-order valence-corrected chi connectivity index (χ1v) is 8.91. The van der Waals surface area contributed by atoms with Crippen molar-refractivity contribution in [3.05, 3.63) is 53.6 Å². The molecule has 1 heterocycles. The van der Waals surface area contributed by atoms with Gasteiger partial charge in [0.1, 0.15) is 5.60 Å². The molecular formula is C20H23N3O3. The lowest BCUT2D eigenvalue weighted by atomic mass is 9.96. The highest BCUT2D eigenvalue weighted by atomic mass is 16.5. The molecule has 0 bridgehead atoms. The van der Waals surface area contributed by atoms with Gasteiger partial charge in [-0.2, -0.15) is 0 Å². The Morgan fingerprint density at radius 2 is 1.96 bits per heavy atom. The van der Waals surface area contributed by atoms with Crippen molar-refractivity contribution < 1.29 is 14.6 Å². The minimum absolute atomic E-state index is 0.230. The van der Waals surface area contributed by atoms with E-state index in [0.717, 1.165) is 29.8 Å². The van der Waals surface area contributed by atoms with E-state index in [1.807, 2.05) is 36.4 Å². The molecule has 1 unspecified atom stereocenters.